The topological polar surface area (TPSA) is 78.9 Å². The summed E-state index contributed by atoms with van der Waals surface area (Å²) in [6.07, 6.45) is 0. The average Bonchev–Trinajstić information content (AvgIpc) is 2.27. The molecule has 0 aliphatic carbocycles. The maximum atomic E-state index is 11.7. The van der Waals surface area contributed by atoms with Crippen LogP contribution in [0.15, 0.2) is 18.2 Å². The van der Waals surface area contributed by atoms with E-state index in [0.29, 0.717) is 27.8 Å². The second kappa shape index (κ2) is 6.80. The van der Waals surface area contributed by atoms with Crippen molar-refractivity contribution in [3.63, 3.8) is 0 Å². The van der Waals surface area contributed by atoms with E-state index in [9.17, 15) is 4.79 Å². The van der Waals surface area contributed by atoms with Gasteiger partial charge in [-0.2, -0.15) is 17.0 Å². The zero-order chi connectivity index (χ0) is 14.5. The third kappa shape index (κ3) is 5.97. The zero-order valence-corrected chi connectivity index (χ0v) is 12.4. The Bertz CT molecular complexity index is 506. The van der Waals surface area contributed by atoms with Crippen LogP contribution in [0.5, 0.6) is 0 Å². The summed E-state index contributed by atoms with van der Waals surface area (Å²) >= 11 is 7.36. The first-order chi connectivity index (χ1) is 8.81. The van der Waals surface area contributed by atoms with E-state index >= 15 is 0 Å². The summed E-state index contributed by atoms with van der Waals surface area (Å²) < 4.78 is 0. The van der Waals surface area contributed by atoms with E-state index in [0.717, 1.165) is 0 Å². The molecule has 0 saturated carbocycles. The number of carbonyl (C=O) groups is 1. The van der Waals surface area contributed by atoms with Gasteiger partial charge in [0.15, 0.2) is 0 Å². The summed E-state index contributed by atoms with van der Waals surface area (Å²) in [4.78, 5) is 11.7. The number of anilines is 1. The summed E-state index contributed by atoms with van der Waals surface area (Å²) in [7, 11) is 0. The minimum atomic E-state index is -0.289. The fourth-order valence-corrected chi connectivity index (χ4v) is 2.40. The lowest BCUT2D eigenvalue weighted by atomic mass is 10.1. The van der Waals surface area contributed by atoms with Crippen molar-refractivity contribution in [1.29, 1.82) is 5.26 Å². The Labute approximate surface area is 122 Å². The SMILES string of the molecule is CC(C)(N)CSCC(=O)Nc1ccc(C#N)c(Cl)c1. The molecular weight excluding hydrogens is 282 g/mol. The van der Waals surface area contributed by atoms with Gasteiger partial charge in [-0.05, 0) is 32.0 Å². The number of amides is 1. The van der Waals surface area contributed by atoms with Gasteiger partial charge >= 0.3 is 0 Å². The van der Waals surface area contributed by atoms with E-state index in [2.05, 4.69) is 5.32 Å². The molecule has 1 amide bonds. The normalized spacial score (nSPS) is 10.9. The molecule has 6 heteroatoms. The number of halogens is 1. The number of carbonyl (C=O) groups excluding carboxylic acids is 1. The smallest absolute Gasteiger partial charge is 0.234 e. The number of hydrogen-bond acceptors (Lipinski definition) is 4. The fourth-order valence-electron chi connectivity index (χ4n) is 1.29. The van der Waals surface area contributed by atoms with Gasteiger partial charge in [0.1, 0.15) is 6.07 Å². The number of nitriles is 1. The monoisotopic (exact) mass is 297 g/mol. The van der Waals surface area contributed by atoms with Crippen LogP contribution < -0.4 is 11.1 Å². The first-order valence-corrected chi connectivity index (χ1v) is 7.21. The molecule has 0 fully saturated rings. The van der Waals surface area contributed by atoms with Gasteiger partial charge in [-0.3, -0.25) is 4.79 Å². The second-order valence-electron chi connectivity index (χ2n) is 4.84. The molecule has 1 aromatic carbocycles. The van der Waals surface area contributed by atoms with Gasteiger partial charge in [0.2, 0.25) is 5.91 Å². The van der Waals surface area contributed by atoms with Crippen molar-refractivity contribution in [2.24, 2.45) is 5.73 Å². The van der Waals surface area contributed by atoms with Gasteiger partial charge in [0.05, 0.1) is 16.3 Å². The van der Waals surface area contributed by atoms with Crippen LogP contribution in [0, 0.1) is 11.3 Å². The van der Waals surface area contributed by atoms with E-state index in [1.54, 1.807) is 18.2 Å². The van der Waals surface area contributed by atoms with Gasteiger partial charge in [0, 0.05) is 17.0 Å². The quantitative estimate of drug-likeness (QED) is 0.875. The molecule has 0 saturated heterocycles. The molecule has 0 aliphatic rings. The number of benzene rings is 1. The molecule has 4 nitrogen and oxygen atoms in total. The third-order valence-electron chi connectivity index (χ3n) is 2.08. The van der Waals surface area contributed by atoms with Crippen molar-refractivity contribution in [1.82, 2.24) is 0 Å². The van der Waals surface area contributed by atoms with Crippen molar-refractivity contribution in [2.75, 3.05) is 16.8 Å². The largest absolute Gasteiger partial charge is 0.325 e. The van der Waals surface area contributed by atoms with Gasteiger partial charge in [-0.25, -0.2) is 0 Å². The Kier molecular flexibility index (Phi) is 5.67. The van der Waals surface area contributed by atoms with Crippen LogP contribution in [0.4, 0.5) is 5.69 Å². The summed E-state index contributed by atoms with van der Waals surface area (Å²) in [5.74, 6) is 0.919. The lowest BCUT2D eigenvalue weighted by molar-refractivity contribution is -0.113. The van der Waals surface area contributed by atoms with Crippen LogP contribution in [0.1, 0.15) is 19.4 Å². The highest BCUT2D eigenvalue weighted by atomic mass is 35.5. The first kappa shape index (κ1) is 15.8. The third-order valence-corrected chi connectivity index (χ3v) is 3.81. The Morgan fingerprint density at radius 1 is 1.58 bits per heavy atom. The van der Waals surface area contributed by atoms with Crippen molar-refractivity contribution >= 4 is 35.0 Å². The van der Waals surface area contributed by atoms with Crippen molar-refractivity contribution in [2.45, 2.75) is 19.4 Å². The lowest BCUT2D eigenvalue weighted by Crippen LogP contribution is -2.35. The molecule has 3 N–H and O–H groups in total. The highest BCUT2D eigenvalue weighted by molar-refractivity contribution is 8.00. The molecule has 102 valence electrons. The summed E-state index contributed by atoms with van der Waals surface area (Å²) in [5.41, 5.74) is 6.51. The second-order valence-corrected chi connectivity index (χ2v) is 6.23. The van der Waals surface area contributed by atoms with Crippen molar-refractivity contribution in [3.05, 3.63) is 28.8 Å². The van der Waals surface area contributed by atoms with Crippen LogP contribution in [0.2, 0.25) is 5.02 Å². The Morgan fingerprint density at radius 3 is 2.79 bits per heavy atom. The maximum Gasteiger partial charge on any atom is 0.234 e. The highest BCUT2D eigenvalue weighted by Crippen LogP contribution is 2.20. The standard InChI is InChI=1S/C13H16ClN3OS/c1-13(2,16)8-19-7-12(18)17-10-4-3-9(6-15)11(14)5-10/h3-5H,7-8,16H2,1-2H3,(H,17,18). The number of nitrogens with one attached hydrogen (secondary N) is 1. The van der Waals surface area contributed by atoms with Gasteiger partial charge in [0.25, 0.3) is 0 Å². The van der Waals surface area contributed by atoms with E-state index in [1.807, 2.05) is 19.9 Å². The maximum absolute atomic E-state index is 11.7. The first-order valence-electron chi connectivity index (χ1n) is 5.68. The van der Waals surface area contributed by atoms with Crippen molar-refractivity contribution in [3.8, 4) is 6.07 Å². The summed E-state index contributed by atoms with van der Waals surface area (Å²) in [6, 6.07) is 6.76. The van der Waals surface area contributed by atoms with E-state index < -0.39 is 0 Å². The molecule has 0 bridgehead atoms. The van der Waals surface area contributed by atoms with Gasteiger partial charge in [-0.1, -0.05) is 11.6 Å². The molecule has 0 radical (unpaired) electrons. The molecule has 0 aromatic heterocycles. The van der Waals surface area contributed by atoms with E-state index in [1.165, 1.54) is 11.8 Å². The molecule has 1 rings (SSSR count). The molecule has 1 aromatic rings. The molecular formula is C13H16ClN3OS. The Balaban J connectivity index is 2.49. The summed E-state index contributed by atoms with van der Waals surface area (Å²) in [6.45, 7) is 3.83. The predicted molar refractivity (Wildman–Crippen MR) is 80.4 cm³/mol. The van der Waals surface area contributed by atoms with E-state index in [4.69, 9.17) is 22.6 Å². The highest BCUT2D eigenvalue weighted by Gasteiger charge is 2.12. The van der Waals surface area contributed by atoms with Crippen LogP contribution in [0.25, 0.3) is 0 Å². The molecule has 0 atom stereocenters. The lowest BCUT2D eigenvalue weighted by Gasteiger charge is -2.17. The van der Waals surface area contributed by atoms with Crippen LogP contribution >= 0.6 is 23.4 Å². The minimum Gasteiger partial charge on any atom is -0.325 e. The van der Waals surface area contributed by atoms with Gasteiger partial charge < -0.3 is 11.1 Å². The van der Waals surface area contributed by atoms with Crippen LogP contribution in [-0.2, 0) is 4.79 Å². The average molecular weight is 298 g/mol. The molecule has 0 spiro atoms. The van der Waals surface area contributed by atoms with Crippen molar-refractivity contribution < 1.29 is 4.79 Å². The number of hydrogen-bond donors (Lipinski definition) is 2. The summed E-state index contributed by atoms with van der Waals surface area (Å²) in [5, 5.41) is 11.8. The Morgan fingerprint density at radius 2 is 2.26 bits per heavy atom. The number of thioether (sulfide) groups is 1. The predicted octanol–water partition coefficient (Wildman–Crippen LogP) is 2.62. The molecule has 19 heavy (non-hydrogen) atoms. The van der Waals surface area contributed by atoms with Crippen LogP contribution in [-0.4, -0.2) is 23.0 Å². The van der Waals surface area contributed by atoms with Gasteiger partial charge in [-0.15, -0.1) is 0 Å². The van der Waals surface area contributed by atoms with E-state index in [-0.39, 0.29) is 11.4 Å². The zero-order valence-electron chi connectivity index (χ0n) is 10.9. The Hall–Kier alpha value is -1.22. The molecule has 0 aliphatic heterocycles. The number of rotatable bonds is 5. The molecule has 0 unspecified atom stereocenters. The minimum absolute atomic E-state index is 0.116. The molecule has 0 heterocycles. The van der Waals surface area contributed by atoms with Crippen LogP contribution in [0.3, 0.4) is 0 Å². The number of nitrogens with two attached hydrogens (primary N) is 1. The number of nitrogens with zero attached hydrogens (tertiary/aromatic N) is 1. The fraction of sp³-hybridized carbons (Fsp3) is 0.385.